The van der Waals surface area contributed by atoms with E-state index in [4.69, 9.17) is 11.6 Å². The van der Waals surface area contributed by atoms with Crippen LogP contribution >= 0.6 is 35.3 Å². The van der Waals surface area contributed by atoms with Gasteiger partial charge < -0.3 is 10.6 Å². The molecule has 166 valence electrons. The molecule has 2 aliphatic rings. The Kier molecular flexibility index (Phi) is 7.20. The van der Waals surface area contributed by atoms with Crippen molar-refractivity contribution in [1.29, 1.82) is 0 Å². The first-order chi connectivity index (χ1) is 14.3. The van der Waals surface area contributed by atoms with Crippen molar-refractivity contribution in [2.24, 2.45) is 0 Å². The van der Waals surface area contributed by atoms with Crippen molar-refractivity contribution in [2.75, 3.05) is 25.0 Å². The lowest BCUT2D eigenvalue weighted by atomic mass is 9.87. The highest BCUT2D eigenvalue weighted by Gasteiger charge is 2.52. The molecule has 0 radical (unpaired) electrons. The maximum absolute atomic E-state index is 13.0. The lowest BCUT2D eigenvalue weighted by Gasteiger charge is -2.36. The molecule has 2 aliphatic heterocycles. The summed E-state index contributed by atoms with van der Waals surface area (Å²) in [6, 6.07) is 6.71. The fourth-order valence-corrected chi connectivity index (χ4v) is 4.63. The van der Waals surface area contributed by atoms with Crippen LogP contribution in [0.2, 0.25) is 5.02 Å². The first-order valence-corrected chi connectivity index (χ1v) is 10.9. The van der Waals surface area contributed by atoms with Crippen molar-refractivity contribution in [2.45, 2.75) is 31.8 Å². The summed E-state index contributed by atoms with van der Waals surface area (Å²) in [6.45, 7) is 3.41. The predicted molar refractivity (Wildman–Crippen MR) is 122 cm³/mol. The number of amides is 4. The number of piperidine rings is 1. The molecule has 0 aliphatic carbocycles. The zero-order valence-electron chi connectivity index (χ0n) is 16.9. The van der Waals surface area contributed by atoms with Gasteiger partial charge in [-0.2, -0.15) is 0 Å². The number of nitrogens with one attached hydrogen (secondary N) is 2. The van der Waals surface area contributed by atoms with Crippen molar-refractivity contribution in [1.82, 2.24) is 20.1 Å². The van der Waals surface area contributed by atoms with Gasteiger partial charge in [-0.15, -0.1) is 23.7 Å². The summed E-state index contributed by atoms with van der Waals surface area (Å²) < 4.78 is 0. The smallest absolute Gasteiger partial charge is 0.323 e. The Labute approximate surface area is 195 Å². The summed E-state index contributed by atoms with van der Waals surface area (Å²) >= 11 is 7.29. The normalized spacial score (nSPS) is 18.1. The fourth-order valence-electron chi connectivity index (χ4n) is 3.80. The fraction of sp³-hybridized carbons (Fsp3) is 0.400. The second-order valence-electron chi connectivity index (χ2n) is 7.65. The van der Waals surface area contributed by atoms with Crippen molar-refractivity contribution in [3.63, 3.8) is 0 Å². The van der Waals surface area contributed by atoms with Crippen LogP contribution in [0.25, 0.3) is 0 Å². The molecule has 2 fully saturated rings. The summed E-state index contributed by atoms with van der Waals surface area (Å²) in [5, 5.41) is 8.76. The Hall–Kier alpha value is -2.20. The van der Waals surface area contributed by atoms with Gasteiger partial charge in [-0.05, 0) is 37.5 Å². The zero-order chi connectivity index (χ0) is 21.3. The molecule has 4 rings (SSSR count). The molecular weight excluding hydrogens is 461 g/mol. The number of halogens is 2. The van der Waals surface area contributed by atoms with Crippen LogP contribution in [-0.2, 0) is 16.1 Å². The number of imide groups is 1. The van der Waals surface area contributed by atoms with Crippen LogP contribution in [0.3, 0.4) is 0 Å². The van der Waals surface area contributed by atoms with Gasteiger partial charge in [-0.1, -0.05) is 23.7 Å². The maximum Gasteiger partial charge on any atom is 0.325 e. The van der Waals surface area contributed by atoms with Gasteiger partial charge in [-0.3, -0.25) is 19.4 Å². The largest absolute Gasteiger partial charge is 0.325 e. The monoisotopic (exact) mass is 483 g/mol. The molecule has 1 aromatic heterocycles. The third-order valence-corrected chi connectivity index (χ3v) is 6.57. The Morgan fingerprint density at radius 1 is 1.26 bits per heavy atom. The van der Waals surface area contributed by atoms with Gasteiger partial charge in [0.1, 0.15) is 5.54 Å². The Bertz CT molecular complexity index is 973. The van der Waals surface area contributed by atoms with Crippen LogP contribution in [0.5, 0.6) is 0 Å². The van der Waals surface area contributed by atoms with Crippen molar-refractivity contribution >= 4 is 58.3 Å². The number of hydrogen-bond acceptors (Lipinski definition) is 6. The van der Waals surface area contributed by atoms with E-state index in [2.05, 4.69) is 15.6 Å². The predicted octanol–water partition coefficient (Wildman–Crippen LogP) is 3.05. The molecule has 8 nitrogen and oxygen atoms in total. The zero-order valence-corrected chi connectivity index (χ0v) is 19.3. The first kappa shape index (κ1) is 23.5. The number of carbonyl (C=O) groups is 3. The molecule has 2 N–H and O–H groups in total. The standard InChI is InChI=1S/C20H22ClN5O3S.ClH/c1-13-12-30-18(22-13)23-16(27)11-25-8-6-20(7-9-25)17(28)26(19(29)24-20)10-14-2-4-15(21)5-3-14;/h2-5,12H,6-11H2,1H3,(H,24,29)(H,22,23,27);1H. The van der Waals surface area contributed by atoms with E-state index in [9.17, 15) is 14.4 Å². The molecule has 0 unspecified atom stereocenters. The number of aromatic nitrogens is 1. The lowest BCUT2D eigenvalue weighted by Crippen LogP contribution is -2.55. The van der Waals surface area contributed by atoms with Gasteiger partial charge in [0.15, 0.2) is 5.13 Å². The van der Waals surface area contributed by atoms with E-state index >= 15 is 0 Å². The SMILES string of the molecule is Cc1csc(NC(=O)CN2CCC3(CC2)NC(=O)N(Cc2ccc(Cl)cc2)C3=O)n1.Cl. The number of anilines is 1. The van der Waals surface area contributed by atoms with Gasteiger partial charge in [0.25, 0.3) is 5.91 Å². The van der Waals surface area contributed by atoms with Gasteiger partial charge in [-0.25, -0.2) is 9.78 Å². The molecule has 0 bridgehead atoms. The summed E-state index contributed by atoms with van der Waals surface area (Å²) in [5.41, 5.74) is 0.823. The number of carbonyl (C=O) groups excluding carboxylic acids is 3. The third-order valence-electron chi connectivity index (χ3n) is 5.44. The van der Waals surface area contributed by atoms with E-state index in [0.717, 1.165) is 11.3 Å². The minimum atomic E-state index is -0.886. The Morgan fingerprint density at radius 2 is 1.94 bits per heavy atom. The van der Waals surface area contributed by atoms with Crippen molar-refractivity contribution in [3.8, 4) is 0 Å². The molecule has 3 heterocycles. The number of urea groups is 1. The summed E-state index contributed by atoms with van der Waals surface area (Å²) in [6.07, 6.45) is 0.941. The number of rotatable bonds is 5. The molecular formula is C20H23Cl2N5O3S. The highest BCUT2D eigenvalue weighted by atomic mass is 35.5. The number of thiazole rings is 1. The molecule has 11 heteroatoms. The van der Waals surface area contributed by atoms with E-state index in [1.54, 1.807) is 24.3 Å². The van der Waals surface area contributed by atoms with Crippen LogP contribution in [0, 0.1) is 6.92 Å². The van der Waals surface area contributed by atoms with Crippen LogP contribution in [0.4, 0.5) is 9.93 Å². The highest BCUT2D eigenvalue weighted by Crippen LogP contribution is 2.30. The second-order valence-corrected chi connectivity index (χ2v) is 8.94. The Morgan fingerprint density at radius 3 is 2.55 bits per heavy atom. The van der Waals surface area contributed by atoms with E-state index in [1.807, 2.05) is 17.2 Å². The van der Waals surface area contributed by atoms with Crippen LogP contribution in [-0.4, -0.2) is 57.8 Å². The van der Waals surface area contributed by atoms with Crippen molar-refractivity contribution < 1.29 is 14.4 Å². The van der Waals surface area contributed by atoms with Crippen molar-refractivity contribution in [3.05, 3.63) is 45.9 Å². The van der Waals surface area contributed by atoms with E-state index in [0.29, 0.717) is 36.1 Å². The Balaban J connectivity index is 0.00000272. The third kappa shape index (κ3) is 5.17. The number of benzene rings is 1. The minimum absolute atomic E-state index is 0. The van der Waals surface area contributed by atoms with Crippen LogP contribution < -0.4 is 10.6 Å². The average Bonchev–Trinajstić information content (AvgIpc) is 3.21. The van der Waals surface area contributed by atoms with E-state index < -0.39 is 5.54 Å². The maximum atomic E-state index is 13.0. The van der Waals surface area contributed by atoms with E-state index in [-0.39, 0.29) is 43.3 Å². The topological polar surface area (TPSA) is 94.6 Å². The van der Waals surface area contributed by atoms with Crippen LogP contribution in [0.1, 0.15) is 24.1 Å². The van der Waals surface area contributed by atoms with Crippen LogP contribution in [0.15, 0.2) is 29.6 Å². The quantitative estimate of drug-likeness (QED) is 0.637. The average molecular weight is 484 g/mol. The second kappa shape index (κ2) is 9.52. The summed E-state index contributed by atoms with van der Waals surface area (Å²) in [4.78, 5) is 45.3. The molecule has 1 aromatic carbocycles. The minimum Gasteiger partial charge on any atom is -0.323 e. The summed E-state index contributed by atoms with van der Waals surface area (Å²) in [5.74, 6) is -0.337. The molecule has 4 amide bonds. The molecule has 0 saturated carbocycles. The van der Waals surface area contributed by atoms with Gasteiger partial charge in [0.2, 0.25) is 5.91 Å². The molecule has 31 heavy (non-hydrogen) atoms. The molecule has 2 aromatic rings. The van der Waals surface area contributed by atoms with Gasteiger partial charge >= 0.3 is 6.03 Å². The number of aryl methyl sites for hydroxylation is 1. The summed E-state index contributed by atoms with van der Waals surface area (Å²) in [7, 11) is 0. The molecule has 1 spiro atoms. The van der Waals surface area contributed by atoms with E-state index in [1.165, 1.54) is 16.2 Å². The van der Waals surface area contributed by atoms with Gasteiger partial charge in [0.05, 0.1) is 18.8 Å². The molecule has 0 atom stereocenters. The lowest BCUT2D eigenvalue weighted by molar-refractivity contribution is -0.133. The first-order valence-electron chi connectivity index (χ1n) is 9.67. The highest BCUT2D eigenvalue weighted by molar-refractivity contribution is 7.13. The number of hydrogen-bond donors (Lipinski definition) is 2. The van der Waals surface area contributed by atoms with Gasteiger partial charge in [0, 0.05) is 23.5 Å². The number of likely N-dealkylation sites (tertiary alicyclic amines) is 1. The number of nitrogens with zero attached hydrogens (tertiary/aromatic N) is 3. The molecule has 2 saturated heterocycles.